The van der Waals surface area contributed by atoms with Crippen LogP contribution in [-0.2, 0) is 14.3 Å². The van der Waals surface area contributed by atoms with Crippen LogP contribution in [0.2, 0.25) is 0 Å². The smallest absolute Gasteiger partial charge is 0.411 e. The number of aliphatic carboxylic acids is 1. The van der Waals surface area contributed by atoms with Crippen LogP contribution in [0.25, 0.3) is 0 Å². The van der Waals surface area contributed by atoms with Crippen molar-refractivity contribution >= 4 is 17.8 Å². The highest BCUT2D eigenvalue weighted by atomic mass is 16.6. The Morgan fingerprint density at radius 3 is 2.35 bits per heavy atom. The minimum Gasteiger partial charge on any atom is -0.480 e. The first-order chi connectivity index (χ1) is 7.63. The molecule has 0 bridgehead atoms. The van der Waals surface area contributed by atoms with Gasteiger partial charge in [0.05, 0.1) is 6.04 Å². The Labute approximate surface area is 99.5 Å². The van der Waals surface area contributed by atoms with Gasteiger partial charge in [-0.25, -0.2) is 9.59 Å². The Balaban J connectivity index is 2.89. The minimum absolute atomic E-state index is 0.157. The summed E-state index contributed by atoms with van der Waals surface area (Å²) in [7, 11) is 0. The lowest BCUT2D eigenvalue weighted by Crippen LogP contribution is -2.46. The number of ketones is 1. The summed E-state index contributed by atoms with van der Waals surface area (Å²) < 4.78 is 5.09. The van der Waals surface area contributed by atoms with Crippen molar-refractivity contribution in [3.05, 3.63) is 0 Å². The van der Waals surface area contributed by atoms with Crippen molar-refractivity contribution in [2.45, 2.75) is 51.8 Å². The number of carbonyl (C=O) groups is 3. The fraction of sp³-hybridized carbons (Fsp3) is 0.727. The van der Waals surface area contributed by atoms with E-state index in [0.29, 0.717) is 0 Å². The number of likely N-dealkylation sites (tertiary alicyclic amines) is 1. The van der Waals surface area contributed by atoms with Gasteiger partial charge in [-0.05, 0) is 27.7 Å². The molecule has 2 unspecified atom stereocenters. The molecule has 0 aromatic rings. The average Bonchev–Trinajstić information content (AvgIpc) is 2.40. The summed E-state index contributed by atoms with van der Waals surface area (Å²) >= 11 is 0. The second kappa shape index (κ2) is 4.35. The van der Waals surface area contributed by atoms with E-state index < -0.39 is 29.7 Å². The molecule has 6 heteroatoms. The van der Waals surface area contributed by atoms with Crippen molar-refractivity contribution in [1.29, 1.82) is 0 Å². The van der Waals surface area contributed by atoms with Gasteiger partial charge in [0.25, 0.3) is 0 Å². The molecule has 1 N–H and O–H groups in total. The van der Waals surface area contributed by atoms with Gasteiger partial charge >= 0.3 is 12.1 Å². The van der Waals surface area contributed by atoms with Crippen LogP contribution in [0.5, 0.6) is 0 Å². The first-order valence-electron chi connectivity index (χ1n) is 5.40. The van der Waals surface area contributed by atoms with Crippen LogP contribution in [0, 0.1) is 0 Å². The van der Waals surface area contributed by atoms with Gasteiger partial charge in [-0.1, -0.05) is 0 Å². The molecule has 1 aliphatic heterocycles. The van der Waals surface area contributed by atoms with Crippen molar-refractivity contribution in [3.63, 3.8) is 0 Å². The predicted molar refractivity (Wildman–Crippen MR) is 58.6 cm³/mol. The Morgan fingerprint density at radius 2 is 1.94 bits per heavy atom. The second-order valence-corrected chi connectivity index (χ2v) is 5.09. The first-order valence-corrected chi connectivity index (χ1v) is 5.40. The molecule has 1 amide bonds. The molecule has 0 radical (unpaired) electrons. The topological polar surface area (TPSA) is 83.9 Å². The third-order valence-corrected chi connectivity index (χ3v) is 2.50. The lowest BCUT2D eigenvalue weighted by atomic mass is 10.2. The van der Waals surface area contributed by atoms with E-state index in [-0.39, 0.29) is 12.2 Å². The molecule has 6 nitrogen and oxygen atoms in total. The molecular weight excluding hydrogens is 226 g/mol. The van der Waals surface area contributed by atoms with Crippen LogP contribution < -0.4 is 0 Å². The van der Waals surface area contributed by atoms with Crippen LogP contribution in [0.3, 0.4) is 0 Å². The Bertz CT molecular complexity index is 357. The van der Waals surface area contributed by atoms with Gasteiger partial charge in [-0.2, -0.15) is 0 Å². The number of carboxylic acid groups (broad SMARTS) is 1. The molecule has 1 heterocycles. The Kier molecular flexibility index (Phi) is 3.45. The number of hydrogen-bond acceptors (Lipinski definition) is 4. The minimum atomic E-state index is -1.19. The molecule has 0 aromatic heterocycles. The van der Waals surface area contributed by atoms with Crippen molar-refractivity contribution in [1.82, 2.24) is 4.90 Å². The van der Waals surface area contributed by atoms with Crippen molar-refractivity contribution in [3.8, 4) is 0 Å². The van der Waals surface area contributed by atoms with Crippen LogP contribution in [0.1, 0.15) is 34.1 Å². The number of ether oxygens (including phenoxy) is 1. The van der Waals surface area contributed by atoms with Crippen LogP contribution in [0.15, 0.2) is 0 Å². The zero-order valence-corrected chi connectivity index (χ0v) is 10.4. The third kappa shape index (κ3) is 2.95. The summed E-state index contributed by atoms with van der Waals surface area (Å²) in [6.07, 6.45) is -0.918. The Morgan fingerprint density at radius 1 is 1.41 bits per heavy atom. The summed E-state index contributed by atoms with van der Waals surface area (Å²) in [6.45, 7) is 6.56. The second-order valence-electron chi connectivity index (χ2n) is 5.09. The number of Topliss-reactive ketones (excluding diaryl/α,β-unsaturated/α-hetero) is 1. The molecule has 1 fully saturated rings. The summed E-state index contributed by atoms with van der Waals surface area (Å²) in [4.78, 5) is 35.2. The number of carboxylic acids is 1. The molecule has 1 aliphatic rings. The maximum Gasteiger partial charge on any atom is 0.411 e. The fourth-order valence-corrected chi connectivity index (χ4v) is 1.69. The fourth-order valence-electron chi connectivity index (χ4n) is 1.69. The number of carbonyl (C=O) groups excluding carboxylic acids is 2. The normalized spacial score (nSPS) is 24.9. The van der Waals surface area contributed by atoms with Gasteiger partial charge in [-0.3, -0.25) is 9.69 Å². The Hall–Kier alpha value is -1.59. The van der Waals surface area contributed by atoms with Gasteiger partial charge in [-0.15, -0.1) is 0 Å². The van der Waals surface area contributed by atoms with E-state index in [2.05, 4.69) is 0 Å². The third-order valence-electron chi connectivity index (χ3n) is 2.50. The quantitative estimate of drug-likeness (QED) is 0.743. The predicted octanol–water partition coefficient (Wildman–Crippen LogP) is 1.04. The highest BCUT2D eigenvalue weighted by molar-refractivity contribution is 5.97. The lowest BCUT2D eigenvalue weighted by molar-refractivity contribution is -0.142. The van der Waals surface area contributed by atoms with E-state index in [0.717, 1.165) is 4.90 Å². The summed E-state index contributed by atoms with van der Waals surface area (Å²) in [6, 6.07) is -1.86. The molecular formula is C11H17NO5. The van der Waals surface area contributed by atoms with Crippen molar-refractivity contribution in [2.75, 3.05) is 0 Å². The lowest BCUT2D eigenvalue weighted by Gasteiger charge is -2.28. The number of hydrogen-bond donors (Lipinski definition) is 1. The highest BCUT2D eigenvalue weighted by Gasteiger charge is 2.45. The summed E-state index contributed by atoms with van der Waals surface area (Å²) in [5.74, 6) is -1.45. The zero-order valence-electron chi connectivity index (χ0n) is 10.4. The van der Waals surface area contributed by atoms with Crippen molar-refractivity contribution in [2.24, 2.45) is 0 Å². The van der Waals surface area contributed by atoms with E-state index in [4.69, 9.17) is 9.84 Å². The number of nitrogens with zero attached hydrogens (tertiary/aromatic N) is 1. The maximum atomic E-state index is 11.8. The number of amides is 1. The molecule has 0 aromatic carbocycles. The van der Waals surface area contributed by atoms with E-state index in [1.165, 1.54) is 6.92 Å². The van der Waals surface area contributed by atoms with E-state index in [9.17, 15) is 14.4 Å². The van der Waals surface area contributed by atoms with Crippen LogP contribution in [-0.4, -0.2) is 45.5 Å². The molecule has 1 saturated heterocycles. The zero-order chi connectivity index (χ0) is 13.4. The molecule has 17 heavy (non-hydrogen) atoms. The van der Waals surface area contributed by atoms with E-state index in [1.807, 2.05) is 0 Å². The van der Waals surface area contributed by atoms with Gasteiger partial charge in [0, 0.05) is 6.42 Å². The van der Waals surface area contributed by atoms with E-state index in [1.54, 1.807) is 20.8 Å². The first kappa shape index (κ1) is 13.5. The van der Waals surface area contributed by atoms with Gasteiger partial charge in [0.15, 0.2) is 5.78 Å². The van der Waals surface area contributed by atoms with Gasteiger partial charge in [0.2, 0.25) is 0 Å². The molecule has 1 rings (SSSR count). The van der Waals surface area contributed by atoms with Crippen LogP contribution >= 0.6 is 0 Å². The highest BCUT2D eigenvalue weighted by Crippen LogP contribution is 2.24. The number of rotatable bonds is 1. The summed E-state index contributed by atoms with van der Waals surface area (Å²) in [5.41, 5.74) is -0.717. The summed E-state index contributed by atoms with van der Waals surface area (Å²) in [5, 5.41) is 8.96. The maximum absolute atomic E-state index is 11.8. The van der Waals surface area contributed by atoms with E-state index >= 15 is 0 Å². The standard InChI is InChI=1S/C11H17NO5/c1-6-8(13)5-7(9(14)15)12(6)10(16)17-11(2,3)4/h6-7H,5H2,1-4H3,(H,14,15). The van der Waals surface area contributed by atoms with Gasteiger partial charge in [0.1, 0.15) is 11.6 Å². The molecule has 2 atom stereocenters. The molecule has 0 saturated carbocycles. The average molecular weight is 243 g/mol. The monoisotopic (exact) mass is 243 g/mol. The van der Waals surface area contributed by atoms with Crippen molar-refractivity contribution < 1.29 is 24.2 Å². The van der Waals surface area contributed by atoms with Crippen LogP contribution in [0.4, 0.5) is 4.79 Å². The molecule has 0 aliphatic carbocycles. The molecule has 96 valence electrons. The van der Waals surface area contributed by atoms with Gasteiger partial charge < -0.3 is 9.84 Å². The molecule has 0 spiro atoms. The SMILES string of the molecule is CC1C(=O)CC(C(=O)O)N1C(=O)OC(C)(C)C. The largest absolute Gasteiger partial charge is 0.480 e.